The summed E-state index contributed by atoms with van der Waals surface area (Å²) in [6, 6.07) is -4.16. The molecule has 1 aliphatic heterocycles. The number of nitrogens with zero attached hydrogens (tertiary/aromatic N) is 2. The Kier molecular flexibility index (Phi) is 12.8. The van der Waals surface area contributed by atoms with E-state index in [0.717, 1.165) is 0 Å². The minimum absolute atomic E-state index is 0.106. The highest BCUT2D eigenvalue weighted by molar-refractivity contribution is 5.94. The first-order chi connectivity index (χ1) is 16.1. The zero-order valence-electron chi connectivity index (χ0n) is 19.3. The summed E-state index contributed by atoms with van der Waals surface area (Å²) in [4.78, 5) is 55.0. The van der Waals surface area contributed by atoms with Gasteiger partial charge < -0.3 is 48.7 Å². The van der Waals surface area contributed by atoms with Gasteiger partial charge in [-0.15, -0.1) is 0 Å². The van der Waals surface area contributed by atoms with Crippen LogP contribution in [-0.2, 0) is 19.2 Å². The van der Waals surface area contributed by atoms with Crippen molar-refractivity contribution in [3.8, 4) is 0 Å². The number of hydrogen-bond donors (Lipinski definition) is 8. The topological polar surface area (TPSA) is 252 Å². The molecule has 1 rings (SSSR count). The lowest BCUT2D eigenvalue weighted by molar-refractivity contribution is -0.145. The van der Waals surface area contributed by atoms with Gasteiger partial charge in [0, 0.05) is 13.1 Å². The van der Waals surface area contributed by atoms with Gasteiger partial charge >= 0.3 is 5.97 Å². The van der Waals surface area contributed by atoms with Gasteiger partial charge in [0.05, 0.1) is 6.61 Å². The van der Waals surface area contributed by atoms with Crippen LogP contribution in [0, 0.1) is 0 Å². The number of hydrogen-bond acceptors (Lipinski definition) is 8. The van der Waals surface area contributed by atoms with E-state index in [1.54, 1.807) is 0 Å². The monoisotopic (exact) mass is 486 g/mol. The molecule has 12 N–H and O–H groups in total. The molecule has 1 saturated heterocycles. The molecule has 1 fully saturated rings. The van der Waals surface area contributed by atoms with Crippen LogP contribution in [0.4, 0.5) is 0 Å². The van der Waals surface area contributed by atoms with Crippen LogP contribution in [0.5, 0.6) is 0 Å². The molecule has 0 bridgehead atoms. The molecule has 194 valence electrons. The average Bonchev–Trinajstić information content (AvgIpc) is 3.29. The molecule has 4 atom stereocenters. The van der Waals surface area contributed by atoms with Crippen molar-refractivity contribution in [2.45, 2.75) is 69.1 Å². The van der Waals surface area contributed by atoms with Crippen LogP contribution in [0.3, 0.4) is 0 Å². The Hall–Kier alpha value is -2.97. The molecule has 14 heteroatoms. The lowest BCUT2D eigenvalue weighted by Crippen LogP contribution is -2.57. The van der Waals surface area contributed by atoms with E-state index in [1.807, 2.05) is 0 Å². The first-order valence-corrected chi connectivity index (χ1v) is 11.4. The largest absolute Gasteiger partial charge is 0.480 e. The van der Waals surface area contributed by atoms with Crippen LogP contribution >= 0.6 is 0 Å². The molecule has 0 aromatic heterocycles. The molecule has 14 nitrogen and oxygen atoms in total. The highest BCUT2D eigenvalue weighted by atomic mass is 16.4. The van der Waals surface area contributed by atoms with Crippen molar-refractivity contribution in [2.75, 3.05) is 26.2 Å². The Morgan fingerprint density at radius 2 is 1.74 bits per heavy atom. The molecule has 0 radical (unpaired) electrons. The van der Waals surface area contributed by atoms with E-state index in [4.69, 9.17) is 28.0 Å². The highest BCUT2D eigenvalue weighted by Gasteiger charge is 2.38. The Morgan fingerprint density at radius 1 is 1.06 bits per heavy atom. The fourth-order valence-electron chi connectivity index (χ4n) is 3.64. The zero-order chi connectivity index (χ0) is 25.7. The molecule has 0 unspecified atom stereocenters. The van der Waals surface area contributed by atoms with Gasteiger partial charge in [0.15, 0.2) is 5.96 Å². The van der Waals surface area contributed by atoms with E-state index >= 15 is 0 Å². The lowest BCUT2D eigenvalue weighted by atomic mass is 10.1. The molecular weight excluding hydrogens is 448 g/mol. The molecule has 1 heterocycles. The fourth-order valence-corrected chi connectivity index (χ4v) is 3.64. The number of unbranched alkanes of at least 4 members (excludes halogenated alkanes) is 1. The van der Waals surface area contributed by atoms with E-state index in [2.05, 4.69) is 15.6 Å². The van der Waals surface area contributed by atoms with Gasteiger partial charge in [0.2, 0.25) is 17.7 Å². The SMILES string of the molecule is NCCCC[C@H](NC(=O)[C@@H](N)CO)C(=O)N1CCC[C@H]1C(=O)N[C@@H](CCCN=C(N)N)C(=O)O. The number of aliphatic hydroxyl groups is 1. The Bertz CT molecular complexity index is 730. The van der Waals surface area contributed by atoms with Crippen molar-refractivity contribution in [2.24, 2.45) is 27.9 Å². The van der Waals surface area contributed by atoms with Crippen LogP contribution in [0.2, 0.25) is 0 Å². The molecule has 34 heavy (non-hydrogen) atoms. The van der Waals surface area contributed by atoms with Gasteiger partial charge in [-0.05, 0) is 51.5 Å². The van der Waals surface area contributed by atoms with Crippen LogP contribution < -0.4 is 33.6 Å². The predicted octanol–water partition coefficient (Wildman–Crippen LogP) is -3.47. The van der Waals surface area contributed by atoms with E-state index in [-0.39, 0.29) is 31.9 Å². The van der Waals surface area contributed by atoms with Crippen molar-refractivity contribution in [1.82, 2.24) is 15.5 Å². The summed E-state index contributed by atoms with van der Waals surface area (Å²) in [6.07, 6.45) is 2.83. The summed E-state index contributed by atoms with van der Waals surface area (Å²) in [6.45, 7) is 0.341. The number of rotatable bonds is 15. The van der Waals surface area contributed by atoms with Gasteiger partial charge in [-0.1, -0.05) is 0 Å². The van der Waals surface area contributed by atoms with Crippen LogP contribution in [-0.4, -0.2) is 95.2 Å². The number of guanidine groups is 1. The first kappa shape index (κ1) is 29.1. The number of nitrogens with two attached hydrogens (primary N) is 4. The number of aliphatic hydroxyl groups excluding tert-OH is 1. The smallest absolute Gasteiger partial charge is 0.326 e. The van der Waals surface area contributed by atoms with Crippen molar-refractivity contribution < 1.29 is 29.4 Å². The second-order valence-electron chi connectivity index (χ2n) is 8.17. The number of carboxylic acids is 1. The first-order valence-electron chi connectivity index (χ1n) is 11.4. The maximum atomic E-state index is 13.2. The van der Waals surface area contributed by atoms with Crippen LogP contribution in [0.1, 0.15) is 44.9 Å². The van der Waals surface area contributed by atoms with Crippen molar-refractivity contribution in [3.05, 3.63) is 0 Å². The zero-order valence-corrected chi connectivity index (χ0v) is 19.3. The van der Waals surface area contributed by atoms with Crippen LogP contribution in [0.25, 0.3) is 0 Å². The average molecular weight is 487 g/mol. The normalized spacial score (nSPS) is 18.0. The molecule has 0 saturated carbocycles. The lowest BCUT2D eigenvalue weighted by Gasteiger charge is -2.30. The molecule has 3 amide bonds. The van der Waals surface area contributed by atoms with Gasteiger partial charge in [0.25, 0.3) is 0 Å². The van der Waals surface area contributed by atoms with Gasteiger partial charge in [0.1, 0.15) is 24.2 Å². The summed E-state index contributed by atoms with van der Waals surface area (Å²) in [5.74, 6) is -3.05. The van der Waals surface area contributed by atoms with Gasteiger partial charge in [-0.25, -0.2) is 4.79 Å². The third-order valence-electron chi connectivity index (χ3n) is 5.49. The summed E-state index contributed by atoms with van der Waals surface area (Å²) in [7, 11) is 0. The maximum Gasteiger partial charge on any atom is 0.326 e. The number of aliphatic carboxylic acids is 1. The summed E-state index contributed by atoms with van der Waals surface area (Å²) in [5, 5.41) is 23.6. The third kappa shape index (κ3) is 9.49. The van der Waals surface area contributed by atoms with E-state index in [1.165, 1.54) is 4.90 Å². The molecule has 1 aliphatic rings. The Labute approximate surface area is 198 Å². The minimum Gasteiger partial charge on any atom is -0.480 e. The molecule has 0 aromatic rings. The maximum absolute atomic E-state index is 13.2. The van der Waals surface area contributed by atoms with Crippen LogP contribution in [0.15, 0.2) is 4.99 Å². The van der Waals surface area contributed by atoms with E-state index in [9.17, 15) is 24.3 Å². The van der Waals surface area contributed by atoms with Crippen molar-refractivity contribution in [1.29, 1.82) is 0 Å². The van der Waals surface area contributed by atoms with E-state index in [0.29, 0.717) is 38.6 Å². The second kappa shape index (κ2) is 15.0. The summed E-state index contributed by atoms with van der Waals surface area (Å²) < 4.78 is 0. The minimum atomic E-state index is -1.21. The van der Waals surface area contributed by atoms with Gasteiger partial charge in [-0.3, -0.25) is 19.4 Å². The quantitative estimate of drug-likeness (QED) is 0.0644. The number of likely N-dealkylation sites (tertiary alicyclic amines) is 1. The van der Waals surface area contributed by atoms with E-state index < -0.39 is 54.5 Å². The van der Waals surface area contributed by atoms with Gasteiger partial charge in [-0.2, -0.15) is 0 Å². The summed E-state index contributed by atoms with van der Waals surface area (Å²) in [5.41, 5.74) is 21.6. The number of carboxylic acid groups (broad SMARTS) is 1. The fraction of sp³-hybridized carbons (Fsp3) is 0.750. The third-order valence-corrected chi connectivity index (χ3v) is 5.49. The standard InChI is InChI=1S/C20H38N8O6/c21-8-2-1-5-13(26-16(30)12(22)11-29)18(32)28-10-4-7-15(28)17(31)27-14(19(33)34)6-3-9-25-20(23)24/h12-15,29H,1-11,21-22H2,(H,26,30)(H,27,31)(H,33,34)(H4,23,24,25)/t12-,13-,14-,15-/m0/s1. The number of carbonyl (C=O) groups is 4. The Morgan fingerprint density at radius 3 is 2.32 bits per heavy atom. The molecule has 0 aliphatic carbocycles. The Balaban J connectivity index is 2.87. The molecule has 0 aromatic carbocycles. The predicted molar refractivity (Wildman–Crippen MR) is 124 cm³/mol. The van der Waals surface area contributed by atoms with Crippen molar-refractivity contribution in [3.63, 3.8) is 0 Å². The summed E-state index contributed by atoms with van der Waals surface area (Å²) >= 11 is 0. The molecular formula is C20H38N8O6. The number of nitrogens with one attached hydrogen (secondary N) is 2. The van der Waals surface area contributed by atoms with Crippen molar-refractivity contribution >= 4 is 29.7 Å². The number of aliphatic imine (C=N–C) groups is 1. The number of carbonyl (C=O) groups excluding carboxylic acids is 3. The number of amides is 3. The molecule has 0 spiro atoms. The second-order valence-corrected chi connectivity index (χ2v) is 8.17. The highest BCUT2D eigenvalue weighted by Crippen LogP contribution is 2.20.